The van der Waals surface area contributed by atoms with E-state index in [9.17, 15) is 4.79 Å². The summed E-state index contributed by atoms with van der Waals surface area (Å²) >= 11 is 1.52. The fraction of sp³-hybridized carbons (Fsp3) is 0.733. The van der Waals surface area contributed by atoms with Gasteiger partial charge in [0, 0.05) is 17.5 Å². The van der Waals surface area contributed by atoms with E-state index in [0.29, 0.717) is 18.3 Å². The highest BCUT2D eigenvalue weighted by molar-refractivity contribution is 7.15. The summed E-state index contributed by atoms with van der Waals surface area (Å²) in [5, 5.41) is 4.16. The average Bonchev–Trinajstić information content (AvgIpc) is 2.87. The van der Waals surface area contributed by atoms with E-state index in [1.54, 1.807) is 6.92 Å². The standard InChI is InChI=1S/C15H25N3O2S/c1-4-20-14(19)13-12(3)21-15(17-13)16-10-11(2)18-8-6-5-7-9-18/h11H,4-10H2,1-3H3,(H,16,17). The number of aromatic nitrogens is 1. The zero-order valence-electron chi connectivity index (χ0n) is 13.1. The lowest BCUT2D eigenvalue weighted by molar-refractivity contribution is 0.0519. The van der Waals surface area contributed by atoms with Crippen LogP contribution in [0.15, 0.2) is 0 Å². The molecule has 0 saturated carbocycles. The Morgan fingerprint density at radius 2 is 2.14 bits per heavy atom. The Balaban J connectivity index is 1.88. The molecule has 1 aromatic heterocycles. The van der Waals surface area contributed by atoms with Crippen molar-refractivity contribution in [2.24, 2.45) is 0 Å². The van der Waals surface area contributed by atoms with Gasteiger partial charge in [0.15, 0.2) is 10.8 Å². The van der Waals surface area contributed by atoms with E-state index in [0.717, 1.165) is 16.6 Å². The number of carbonyl (C=O) groups is 1. The van der Waals surface area contributed by atoms with E-state index in [-0.39, 0.29) is 5.97 Å². The molecule has 1 N–H and O–H groups in total. The Kier molecular flexibility index (Phi) is 5.99. The highest BCUT2D eigenvalue weighted by atomic mass is 32.1. The Hall–Kier alpha value is -1.14. The SMILES string of the molecule is CCOC(=O)c1nc(NCC(C)N2CCCCC2)sc1C. The van der Waals surface area contributed by atoms with E-state index < -0.39 is 0 Å². The van der Waals surface area contributed by atoms with Crippen molar-refractivity contribution in [2.45, 2.75) is 46.1 Å². The van der Waals surface area contributed by atoms with Crippen LogP contribution in [-0.4, -0.2) is 48.1 Å². The first-order valence-electron chi connectivity index (χ1n) is 7.74. The molecule has 1 atom stereocenters. The molecule has 1 aromatic rings. The number of nitrogens with zero attached hydrogens (tertiary/aromatic N) is 2. The van der Waals surface area contributed by atoms with Crippen LogP contribution < -0.4 is 5.32 Å². The smallest absolute Gasteiger partial charge is 0.358 e. The first kappa shape index (κ1) is 16.2. The lowest BCUT2D eigenvalue weighted by Gasteiger charge is -2.32. The van der Waals surface area contributed by atoms with Gasteiger partial charge in [-0.2, -0.15) is 0 Å². The first-order chi connectivity index (χ1) is 10.1. The van der Waals surface area contributed by atoms with E-state index in [1.807, 2.05) is 6.92 Å². The monoisotopic (exact) mass is 311 g/mol. The summed E-state index contributed by atoms with van der Waals surface area (Å²) in [6.45, 7) is 9.56. The molecule has 1 saturated heterocycles. The van der Waals surface area contributed by atoms with Crippen molar-refractivity contribution in [3.8, 4) is 0 Å². The van der Waals surface area contributed by atoms with Gasteiger partial charge in [-0.1, -0.05) is 6.42 Å². The predicted molar refractivity (Wildman–Crippen MR) is 86.2 cm³/mol. The van der Waals surface area contributed by atoms with Crippen LogP contribution in [0, 0.1) is 6.92 Å². The molecule has 2 heterocycles. The molecule has 1 aliphatic heterocycles. The summed E-state index contributed by atoms with van der Waals surface area (Å²) in [5.74, 6) is -0.330. The second kappa shape index (κ2) is 7.75. The van der Waals surface area contributed by atoms with Gasteiger partial charge in [0.2, 0.25) is 0 Å². The van der Waals surface area contributed by atoms with Crippen LogP contribution in [-0.2, 0) is 4.74 Å². The van der Waals surface area contributed by atoms with Crippen molar-refractivity contribution in [3.63, 3.8) is 0 Å². The number of aryl methyl sites for hydroxylation is 1. The van der Waals surface area contributed by atoms with Crippen molar-refractivity contribution in [1.29, 1.82) is 0 Å². The van der Waals surface area contributed by atoms with Gasteiger partial charge in [-0.3, -0.25) is 4.90 Å². The molecule has 0 spiro atoms. The number of hydrogen-bond acceptors (Lipinski definition) is 6. The number of likely N-dealkylation sites (tertiary alicyclic amines) is 1. The lowest BCUT2D eigenvalue weighted by atomic mass is 10.1. The summed E-state index contributed by atoms with van der Waals surface area (Å²) in [7, 11) is 0. The third-order valence-electron chi connectivity index (χ3n) is 3.83. The van der Waals surface area contributed by atoms with Gasteiger partial charge >= 0.3 is 5.97 Å². The van der Waals surface area contributed by atoms with Crippen molar-refractivity contribution in [3.05, 3.63) is 10.6 Å². The molecule has 6 heteroatoms. The van der Waals surface area contributed by atoms with Crippen LogP contribution in [0.5, 0.6) is 0 Å². The minimum atomic E-state index is -0.330. The maximum absolute atomic E-state index is 11.8. The number of ether oxygens (including phenoxy) is 1. The van der Waals surface area contributed by atoms with E-state index in [2.05, 4.69) is 22.1 Å². The van der Waals surface area contributed by atoms with Gasteiger partial charge in [0.05, 0.1) is 6.61 Å². The zero-order valence-corrected chi connectivity index (χ0v) is 14.0. The molecular formula is C15H25N3O2S. The van der Waals surface area contributed by atoms with Crippen molar-refractivity contribution < 1.29 is 9.53 Å². The largest absolute Gasteiger partial charge is 0.461 e. The average molecular weight is 311 g/mol. The Labute approximate surface area is 130 Å². The molecule has 1 unspecified atom stereocenters. The number of piperidine rings is 1. The molecule has 118 valence electrons. The maximum atomic E-state index is 11.8. The van der Waals surface area contributed by atoms with Crippen LogP contribution in [0.3, 0.4) is 0 Å². The normalized spacial score (nSPS) is 17.5. The molecule has 0 bridgehead atoms. The van der Waals surface area contributed by atoms with Gasteiger partial charge < -0.3 is 10.1 Å². The fourth-order valence-corrected chi connectivity index (χ4v) is 3.39. The molecule has 5 nitrogen and oxygen atoms in total. The highest BCUT2D eigenvalue weighted by Crippen LogP contribution is 2.23. The maximum Gasteiger partial charge on any atom is 0.358 e. The molecule has 0 aliphatic carbocycles. The molecule has 1 aliphatic rings. The van der Waals surface area contributed by atoms with Crippen LogP contribution in [0.4, 0.5) is 5.13 Å². The molecular weight excluding hydrogens is 286 g/mol. The van der Waals surface area contributed by atoms with Crippen LogP contribution >= 0.6 is 11.3 Å². The minimum Gasteiger partial charge on any atom is -0.461 e. The minimum absolute atomic E-state index is 0.330. The number of carbonyl (C=O) groups excluding carboxylic acids is 1. The second-order valence-corrected chi connectivity index (χ2v) is 6.67. The van der Waals surface area contributed by atoms with Gasteiger partial charge in [-0.05, 0) is 46.7 Å². The summed E-state index contributed by atoms with van der Waals surface area (Å²) in [4.78, 5) is 19.5. The van der Waals surface area contributed by atoms with Crippen LogP contribution in [0.2, 0.25) is 0 Å². The van der Waals surface area contributed by atoms with Crippen molar-refractivity contribution >= 4 is 22.4 Å². The molecule has 0 amide bonds. The predicted octanol–water partition coefficient (Wildman–Crippen LogP) is 2.91. The zero-order chi connectivity index (χ0) is 15.2. The van der Waals surface area contributed by atoms with Gasteiger partial charge in [-0.15, -0.1) is 11.3 Å². The van der Waals surface area contributed by atoms with E-state index in [1.165, 1.54) is 43.7 Å². The molecule has 0 radical (unpaired) electrons. The highest BCUT2D eigenvalue weighted by Gasteiger charge is 2.19. The number of rotatable bonds is 6. The first-order valence-corrected chi connectivity index (χ1v) is 8.56. The topological polar surface area (TPSA) is 54.5 Å². The second-order valence-electron chi connectivity index (χ2n) is 5.47. The summed E-state index contributed by atoms with van der Waals surface area (Å²) in [5.41, 5.74) is 0.440. The summed E-state index contributed by atoms with van der Waals surface area (Å²) < 4.78 is 5.01. The number of hydrogen-bond donors (Lipinski definition) is 1. The number of esters is 1. The van der Waals surface area contributed by atoms with Crippen LogP contribution in [0.1, 0.15) is 48.5 Å². The fourth-order valence-electron chi connectivity index (χ4n) is 2.58. The van der Waals surface area contributed by atoms with E-state index in [4.69, 9.17) is 4.74 Å². The van der Waals surface area contributed by atoms with Gasteiger partial charge in [-0.25, -0.2) is 9.78 Å². The van der Waals surface area contributed by atoms with Crippen molar-refractivity contribution in [1.82, 2.24) is 9.88 Å². The third kappa shape index (κ3) is 4.41. The Morgan fingerprint density at radius 1 is 1.43 bits per heavy atom. The quantitative estimate of drug-likeness (QED) is 0.819. The lowest BCUT2D eigenvalue weighted by Crippen LogP contribution is -2.41. The Bertz CT molecular complexity index is 469. The number of thiazole rings is 1. The van der Waals surface area contributed by atoms with Gasteiger partial charge in [0.1, 0.15) is 0 Å². The van der Waals surface area contributed by atoms with Crippen LogP contribution in [0.25, 0.3) is 0 Å². The summed E-state index contributed by atoms with van der Waals surface area (Å²) in [6.07, 6.45) is 3.95. The Morgan fingerprint density at radius 3 is 2.81 bits per heavy atom. The van der Waals surface area contributed by atoms with Gasteiger partial charge in [0.25, 0.3) is 0 Å². The molecule has 0 aromatic carbocycles. The van der Waals surface area contributed by atoms with Crippen molar-refractivity contribution in [2.75, 3.05) is 31.6 Å². The van der Waals surface area contributed by atoms with E-state index >= 15 is 0 Å². The molecule has 21 heavy (non-hydrogen) atoms. The molecule has 1 fully saturated rings. The summed E-state index contributed by atoms with van der Waals surface area (Å²) in [6, 6.07) is 0.487. The molecule has 2 rings (SSSR count). The number of nitrogens with one attached hydrogen (secondary N) is 1. The number of anilines is 1. The third-order valence-corrected chi connectivity index (χ3v) is 4.76.